The Morgan fingerprint density at radius 1 is 1.06 bits per heavy atom. The molecule has 0 amide bonds. The Bertz CT molecular complexity index is 175. The molecule has 0 aliphatic carbocycles. The molecule has 0 fully saturated rings. The standard InChI is InChI=1S/C13H28N2O2/c1-4-5-6-7-15-13(2)12-17-11-10-16-9-8-14-3/h14-15H,2,4-12H2,1,3H3. The van der Waals surface area contributed by atoms with Crippen molar-refractivity contribution in [2.45, 2.75) is 26.2 Å². The molecule has 0 aromatic carbocycles. The van der Waals surface area contributed by atoms with Crippen molar-refractivity contribution < 1.29 is 9.47 Å². The first-order valence-corrected chi connectivity index (χ1v) is 6.53. The summed E-state index contributed by atoms with van der Waals surface area (Å²) in [5, 5.41) is 6.28. The van der Waals surface area contributed by atoms with Crippen molar-refractivity contribution in [3.05, 3.63) is 12.3 Å². The molecule has 0 aliphatic rings. The summed E-state index contributed by atoms with van der Waals surface area (Å²) in [4.78, 5) is 0. The molecule has 0 unspecified atom stereocenters. The van der Waals surface area contributed by atoms with E-state index in [-0.39, 0.29) is 0 Å². The molecule has 0 aliphatic heterocycles. The third kappa shape index (κ3) is 13.4. The third-order valence-corrected chi connectivity index (χ3v) is 2.30. The van der Waals surface area contributed by atoms with Gasteiger partial charge in [0.25, 0.3) is 0 Å². The molecule has 0 aromatic rings. The number of hydrogen-bond donors (Lipinski definition) is 2. The lowest BCUT2D eigenvalue weighted by atomic mass is 10.2. The molecule has 0 bridgehead atoms. The van der Waals surface area contributed by atoms with E-state index in [9.17, 15) is 0 Å². The third-order valence-electron chi connectivity index (χ3n) is 2.30. The number of nitrogens with one attached hydrogen (secondary N) is 2. The van der Waals surface area contributed by atoms with Crippen LogP contribution in [0.4, 0.5) is 0 Å². The maximum Gasteiger partial charge on any atom is 0.0857 e. The molecule has 17 heavy (non-hydrogen) atoms. The first-order valence-electron chi connectivity index (χ1n) is 6.53. The zero-order valence-electron chi connectivity index (χ0n) is 11.4. The molecule has 4 heteroatoms. The van der Waals surface area contributed by atoms with Crippen molar-refractivity contribution in [3.8, 4) is 0 Å². The van der Waals surface area contributed by atoms with Crippen molar-refractivity contribution in [1.29, 1.82) is 0 Å². The van der Waals surface area contributed by atoms with E-state index < -0.39 is 0 Å². The van der Waals surface area contributed by atoms with Crippen LogP contribution in [0.5, 0.6) is 0 Å². The van der Waals surface area contributed by atoms with Gasteiger partial charge in [0.05, 0.1) is 26.4 Å². The largest absolute Gasteiger partial charge is 0.387 e. The van der Waals surface area contributed by atoms with E-state index in [1.807, 2.05) is 7.05 Å². The Morgan fingerprint density at radius 3 is 2.53 bits per heavy atom. The molecule has 0 rings (SSSR count). The van der Waals surface area contributed by atoms with Crippen LogP contribution in [0, 0.1) is 0 Å². The second-order valence-electron chi connectivity index (χ2n) is 4.01. The van der Waals surface area contributed by atoms with Crippen molar-refractivity contribution in [2.75, 3.05) is 46.6 Å². The van der Waals surface area contributed by atoms with Crippen LogP contribution in [-0.4, -0.2) is 46.6 Å². The minimum atomic E-state index is 0.571. The summed E-state index contributed by atoms with van der Waals surface area (Å²) < 4.78 is 10.8. The lowest BCUT2D eigenvalue weighted by Gasteiger charge is -2.10. The highest BCUT2D eigenvalue weighted by Crippen LogP contribution is 1.93. The highest BCUT2D eigenvalue weighted by Gasteiger charge is 1.94. The summed E-state index contributed by atoms with van der Waals surface area (Å²) in [6.45, 7) is 10.6. The Kier molecular flexibility index (Phi) is 13.0. The quantitative estimate of drug-likeness (QED) is 0.482. The summed E-state index contributed by atoms with van der Waals surface area (Å²) in [5.41, 5.74) is 0.955. The average Bonchev–Trinajstić information content (AvgIpc) is 2.33. The smallest absolute Gasteiger partial charge is 0.0857 e. The van der Waals surface area contributed by atoms with Gasteiger partial charge in [0.15, 0.2) is 0 Å². The lowest BCUT2D eigenvalue weighted by Crippen LogP contribution is -2.19. The molecular weight excluding hydrogens is 216 g/mol. The zero-order chi connectivity index (χ0) is 12.8. The van der Waals surface area contributed by atoms with Crippen LogP contribution in [0.1, 0.15) is 26.2 Å². The zero-order valence-corrected chi connectivity index (χ0v) is 11.4. The van der Waals surface area contributed by atoms with E-state index >= 15 is 0 Å². The monoisotopic (exact) mass is 244 g/mol. The highest BCUT2D eigenvalue weighted by atomic mass is 16.5. The van der Waals surface area contributed by atoms with Crippen LogP contribution in [0.15, 0.2) is 12.3 Å². The second-order valence-corrected chi connectivity index (χ2v) is 4.01. The van der Waals surface area contributed by atoms with Crippen molar-refractivity contribution in [1.82, 2.24) is 10.6 Å². The normalized spacial score (nSPS) is 10.5. The van der Waals surface area contributed by atoms with Gasteiger partial charge in [0.1, 0.15) is 0 Å². The maximum atomic E-state index is 5.43. The van der Waals surface area contributed by atoms with Gasteiger partial charge in [0, 0.05) is 18.8 Å². The van der Waals surface area contributed by atoms with Gasteiger partial charge in [-0.1, -0.05) is 26.3 Å². The van der Waals surface area contributed by atoms with Crippen molar-refractivity contribution >= 4 is 0 Å². The summed E-state index contributed by atoms with van der Waals surface area (Å²) in [7, 11) is 1.91. The van der Waals surface area contributed by atoms with E-state index in [1.165, 1.54) is 19.3 Å². The number of unbranched alkanes of at least 4 members (excludes halogenated alkanes) is 2. The molecule has 0 heterocycles. The van der Waals surface area contributed by atoms with Gasteiger partial charge in [-0.3, -0.25) is 0 Å². The van der Waals surface area contributed by atoms with E-state index in [0.29, 0.717) is 19.8 Å². The maximum absolute atomic E-state index is 5.43. The summed E-state index contributed by atoms with van der Waals surface area (Å²) in [5.74, 6) is 0. The summed E-state index contributed by atoms with van der Waals surface area (Å²) in [6.07, 6.45) is 3.71. The van der Waals surface area contributed by atoms with E-state index in [4.69, 9.17) is 9.47 Å². The topological polar surface area (TPSA) is 42.5 Å². The predicted octanol–water partition coefficient (Wildman–Crippen LogP) is 1.53. The van der Waals surface area contributed by atoms with Crippen molar-refractivity contribution in [3.63, 3.8) is 0 Å². The summed E-state index contributed by atoms with van der Waals surface area (Å²) >= 11 is 0. The summed E-state index contributed by atoms with van der Waals surface area (Å²) in [6, 6.07) is 0. The Hall–Kier alpha value is -0.580. The van der Waals surface area contributed by atoms with Gasteiger partial charge in [-0.05, 0) is 13.5 Å². The van der Waals surface area contributed by atoms with Gasteiger partial charge >= 0.3 is 0 Å². The van der Waals surface area contributed by atoms with Gasteiger partial charge in [-0.2, -0.15) is 0 Å². The van der Waals surface area contributed by atoms with Crippen LogP contribution in [0.25, 0.3) is 0 Å². The van der Waals surface area contributed by atoms with Crippen LogP contribution < -0.4 is 10.6 Å². The fourth-order valence-electron chi connectivity index (χ4n) is 1.28. The fraction of sp³-hybridized carbons (Fsp3) is 0.846. The highest BCUT2D eigenvalue weighted by molar-refractivity contribution is 4.90. The van der Waals surface area contributed by atoms with Crippen molar-refractivity contribution in [2.24, 2.45) is 0 Å². The van der Waals surface area contributed by atoms with E-state index in [2.05, 4.69) is 24.1 Å². The Labute approximate surface area is 106 Å². The predicted molar refractivity (Wildman–Crippen MR) is 72.2 cm³/mol. The molecule has 4 nitrogen and oxygen atoms in total. The SMILES string of the molecule is C=C(COCCOCCNC)NCCCCC. The molecule has 0 spiro atoms. The lowest BCUT2D eigenvalue weighted by molar-refractivity contribution is 0.0567. The van der Waals surface area contributed by atoms with Crippen LogP contribution in [0.3, 0.4) is 0 Å². The van der Waals surface area contributed by atoms with Gasteiger partial charge in [-0.15, -0.1) is 0 Å². The van der Waals surface area contributed by atoms with E-state index in [1.54, 1.807) is 0 Å². The second kappa shape index (κ2) is 13.5. The molecule has 0 saturated heterocycles. The van der Waals surface area contributed by atoms with E-state index in [0.717, 1.165) is 25.4 Å². The molecular formula is C13H28N2O2. The first kappa shape index (κ1) is 16.4. The number of hydrogen-bond acceptors (Lipinski definition) is 4. The number of rotatable bonds is 13. The van der Waals surface area contributed by atoms with Crippen LogP contribution in [-0.2, 0) is 9.47 Å². The molecule has 0 aromatic heterocycles. The minimum absolute atomic E-state index is 0.571. The average molecular weight is 244 g/mol. The Balaban J connectivity index is 3.11. The number of ether oxygens (including phenoxy) is 2. The molecule has 102 valence electrons. The Morgan fingerprint density at radius 2 is 1.82 bits per heavy atom. The molecule has 0 saturated carbocycles. The molecule has 0 atom stereocenters. The van der Waals surface area contributed by atoms with Gasteiger partial charge in [-0.25, -0.2) is 0 Å². The fourth-order valence-corrected chi connectivity index (χ4v) is 1.28. The first-order chi connectivity index (χ1) is 8.31. The molecule has 2 N–H and O–H groups in total. The van der Waals surface area contributed by atoms with Gasteiger partial charge in [0.2, 0.25) is 0 Å². The van der Waals surface area contributed by atoms with Gasteiger partial charge < -0.3 is 20.1 Å². The molecule has 0 radical (unpaired) electrons. The minimum Gasteiger partial charge on any atom is -0.387 e. The van der Waals surface area contributed by atoms with Crippen LogP contribution in [0.2, 0.25) is 0 Å². The number of likely N-dealkylation sites (N-methyl/N-ethyl adjacent to an activating group) is 1. The van der Waals surface area contributed by atoms with Crippen LogP contribution >= 0.6 is 0 Å².